The predicted molar refractivity (Wildman–Crippen MR) is 71.9 cm³/mol. The first-order chi connectivity index (χ1) is 7.83. The summed E-state index contributed by atoms with van der Waals surface area (Å²) in [5.74, 6) is 0. The second-order valence-electron chi connectivity index (χ2n) is 4.17. The van der Waals surface area contributed by atoms with Crippen LogP contribution in [0.2, 0.25) is 0 Å². The Kier molecular flexibility index (Phi) is 2.82. The van der Waals surface area contributed by atoms with E-state index in [0.717, 1.165) is 9.61 Å². The SMILES string of the molecule is Brc1csc(-c2ccc3c(c2)CCCC3)n1. The van der Waals surface area contributed by atoms with E-state index in [1.54, 1.807) is 11.3 Å². The highest BCUT2D eigenvalue weighted by molar-refractivity contribution is 9.10. The number of hydrogen-bond acceptors (Lipinski definition) is 2. The van der Waals surface area contributed by atoms with Gasteiger partial charge in [-0.3, -0.25) is 0 Å². The quantitative estimate of drug-likeness (QED) is 0.757. The van der Waals surface area contributed by atoms with E-state index in [1.165, 1.54) is 42.4 Å². The van der Waals surface area contributed by atoms with E-state index >= 15 is 0 Å². The van der Waals surface area contributed by atoms with Crippen molar-refractivity contribution in [2.75, 3.05) is 0 Å². The van der Waals surface area contributed by atoms with Crippen LogP contribution in [0.5, 0.6) is 0 Å². The molecule has 0 spiro atoms. The van der Waals surface area contributed by atoms with Gasteiger partial charge in [0, 0.05) is 10.9 Å². The molecule has 1 aromatic heterocycles. The largest absolute Gasteiger partial charge is 0.229 e. The summed E-state index contributed by atoms with van der Waals surface area (Å²) in [5, 5.41) is 3.15. The second-order valence-corrected chi connectivity index (χ2v) is 5.84. The molecule has 1 aromatic carbocycles. The fraction of sp³-hybridized carbons (Fsp3) is 0.308. The monoisotopic (exact) mass is 293 g/mol. The Balaban J connectivity index is 2.02. The minimum Gasteiger partial charge on any atom is -0.229 e. The zero-order valence-corrected chi connectivity index (χ0v) is 11.3. The number of halogens is 1. The molecule has 0 saturated carbocycles. The van der Waals surface area contributed by atoms with Gasteiger partial charge in [-0.2, -0.15) is 0 Å². The Morgan fingerprint density at radius 3 is 2.69 bits per heavy atom. The van der Waals surface area contributed by atoms with E-state index in [-0.39, 0.29) is 0 Å². The highest BCUT2D eigenvalue weighted by Crippen LogP contribution is 2.30. The van der Waals surface area contributed by atoms with Gasteiger partial charge < -0.3 is 0 Å². The van der Waals surface area contributed by atoms with Crippen LogP contribution in [-0.2, 0) is 12.8 Å². The van der Waals surface area contributed by atoms with E-state index < -0.39 is 0 Å². The third-order valence-electron chi connectivity index (χ3n) is 3.07. The van der Waals surface area contributed by atoms with Gasteiger partial charge in [-0.05, 0) is 58.8 Å². The van der Waals surface area contributed by atoms with Crippen LogP contribution in [0.25, 0.3) is 10.6 Å². The maximum atomic E-state index is 4.47. The smallest absolute Gasteiger partial charge is 0.124 e. The zero-order valence-electron chi connectivity index (χ0n) is 8.87. The van der Waals surface area contributed by atoms with E-state index in [9.17, 15) is 0 Å². The third-order valence-corrected chi connectivity index (χ3v) is 4.67. The number of hydrogen-bond donors (Lipinski definition) is 0. The summed E-state index contributed by atoms with van der Waals surface area (Å²) in [6, 6.07) is 6.80. The molecule has 0 atom stereocenters. The number of thiazole rings is 1. The number of aryl methyl sites for hydroxylation is 2. The molecule has 1 aliphatic carbocycles. The lowest BCUT2D eigenvalue weighted by molar-refractivity contribution is 0.686. The Labute approximate surface area is 108 Å². The van der Waals surface area contributed by atoms with Crippen molar-refractivity contribution in [3.05, 3.63) is 39.3 Å². The summed E-state index contributed by atoms with van der Waals surface area (Å²) in [6.45, 7) is 0. The van der Waals surface area contributed by atoms with Crippen molar-refractivity contribution in [2.24, 2.45) is 0 Å². The fourth-order valence-electron chi connectivity index (χ4n) is 2.25. The van der Waals surface area contributed by atoms with Gasteiger partial charge in [-0.25, -0.2) is 4.98 Å². The summed E-state index contributed by atoms with van der Waals surface area (Å²) >= 11 is 5.10. The standard InChI is InChI=1S/C13H12BrNS/c14-12-8-16-13(15-12)11-6-5-9-3-1-2-4-10(9)7-11/h5-8H,1-4H2. The Morgan fingerprint density at radius 1 is 1.12 bits per heavy atom. The summed E-state index contributed by atoms with van der Waals surface area (Å²) in [5.41, 5.74) is 4.32. The molecule has 82 valence electrons. The Hall–Kier alpha value is -0.670. The van der Waals surface area contributed by atoms with E-state index in [4.69, 9.17) is 0 Å². The van der Waals surface area contributed by atoms with Crippen molar-refractivity contribution in [2.45, 2.75) is 25.7 Å². The van der Waals surface area contributed by atoms with E-state index in [2.05, 4.69) is 39.1 Å². The Bertz CT molecular complexity index is 518. The molecule has 16 heavy (non-hydrogen) atoms. The number of nitrogens with zero attached hydrogens (tertiary/aromatic N) is 1. The number of aromatic nitrogens is 1. The van der Waals surface area contributed by atoms with Crippen LogP contribution in [0, 0.1) is 0 Å². The third kappa shape index (κ3) is 1.94. The van der Waals surface area contributed by atoms with Gasteiger partial charge in [0.05, 0.1) is 0 Å². The normalized spacial score (nSPS) is 14.8. The van der Waals surface area contributed by atoms with Gasteiger partial charge in [0.1, 0.15) is 9.61 Å². The first kappa shape index (κ1) is 10.5. The van der Waals surface area contributed by atoms with Gasteiger partial charge in [-0.15, -0.1) is 11.3 Å². The summed E-state index contributed by atoms with van der Waals surface area (Å²) in [4.78, 5) is 4.47. The highest BCUT2D eigenvalue weighted by Gasteiger charge is 2.11. The van der Waals surface area contributed by atoms with Crippen LogP contribution in [0.3, 0.4) is 0 Å². The van der Waals surface area contributed by atoms with Gasteiger partial charge in [-0.1, -0.05) is 12.1 Å². The van der Waals surface area contributed by atoms with E-state index in [0.29, 0.717) is 0 Å². The molecule has 0 fully saturated rings. The topological polar surface area (TPSA) is 12.9 Å². The van der Waals surface area contributed by atoms with Gasteiger partial charge in [0.15, 0.2) is 0 Å². The molecule has 2 aromatic rings. The van der Waals surface area contributed by atoms with Crippen LogP contribution in [0.15, 0.2) is 28.2 Å². The molecule has 0 radical (unpaired) electrons. The maximum Gasteiger partial charge on any atom is 0.124 e. The van der Waals surface area contributed by atoms with Crippen molar-refractivity contribution in [3.8, 4) is 10.6 Å². The van der Waals surface area contributed by atoms with Gasteiger partial charge >= 0.3 is 0 Å². The molecule has 1 aliphatic rings. The van der Waals surface area contributed by atoms with Crippen molar-refractivity contribution in [1.29, 1.82) is 0 Å². The number of fused-ring (bicyclic) bond motifs is 1. The average molecular weight is 294 g/mol. The molecule has 0 bridgehead atoms. The zero-order chi connectivity index (χ0) is 11.0. The first-order valence-corrected chi connectivity index (χ1v) is 7.23. The molecule has 0 N–H and O–H groups in total. The lowest BCUT2D eigenvalue weighted by atomic mass is 9.90. The van der Waals surface area contributed by atoms with E-state index in [1.807, 2.05) is 5.38 Å². The van der Waals surface area contributed by atoms with Crippen molar-refractivity contribution in [3.63, 3.8) is 0 Å². The molecular weight excluding hydrogens is 282 g/mol. The lowest BCUT2D eigenvalue weighted by Crippen LogP contribution is -2.02. The van der Waals surface area contributed by atoms with Crippen LogP contribution >= 0.6 is 27.3 Å². The molecule has 3 rings (SSSR count). The molecular formula is C13H12BrNS. The molecule has 3 heteroatoms. The van der Waals surface area contributed by atoms with Crippen LogP contribution < -0.4 is 0 Å². The average Bonchev–Trinajstić information content (AvgIpc) is 2.75. The minimum absolute atomic E-state index is 0.935. The van der Waals surface area contributed by atoms with Crippen LogP contribution in [0.1, 0.15) is 24.0 Å². The van der Waals surface area contributed by atoms with Crippen molar-refractivity contribution >= 4 is 27.3 Å². The van der Waals surface area contributed by atoms with Crippen LogP contribution in [-0.4, -0.2) is 4.98 Å². The van der Waals surface area contributed by atoms with Gasteiger partial charge in [0.2, 0.25) is 0 Å². The molecule has 0 saturated heterocycles. The maximum absolute atomic E-state index is 4.47. The number of benzene rings is 1. The number of rotatable bonds is 1. The molecule has 0 aliphatic heterocycles. The Morgan fingerprint density at radius 2 is 1.94 bits per heavy atom. The second kappa shape index (κ2) is 4.30. The van der Waals surface area contributed by atoms with Crippen LogP contribution in [0.4, 0.5) is 0 Å². The summed E-state index contributed by atoms with van der Waals surface area (Å²) < 4.78 is 0.935. The molecule has 1 nitrogen and oxygen atoms in total. The minimum atomic E-state index is 0.935. The summed E-state index contributed by atoms with van der Waals surface area (Å²) in [7, 11) is 0. The molecule has 0 unspecified atom stereocenters. The van der Waals surface area contributed by atoms with Crippen molar-refractivity contribution < 1.29 is 0 Å². The fourth-order valence-corrected chi connectivity index (χ4v) is 3.50. The molecule has 1 heterocycles. The first-order valence-electron chi connectivity index (χ1n) is 5.56. The lowest BCUT2D eigenvalue weighted by Gasteiger charge is -2.15. The molecule has 0 amide bonds. The van der Waals surface area contributed by atoms with Crippen molar-refractivity contribution in [1.82, 2.24) is 4.98 Å². The predicted octanol–water partition coefficient (Wildman–Crippen LogP) is 4.45. The van der Waals surface area contributed by atoms with Gasteiger partial charge in [0.25, 0.3) is 0 Å². The summed E-state index contributed by atoms with van der Waals surface area (Å²) in [6.07, 6.45) is 5.15. The highest BCUT2D eigenvalue weighted by atomic mass is 79.9.